The normalized spacial score (nSPS) is 10.2. The van der Waals surface area contributed by atoms with Gasteiger partial charge in [-0.25, -0.2) is 0 Å². The van der Waals surface area contributed by atoms with Crippen LogP contribution in [-0.2, 0) is 4.79 Å². The number of H-pyrrole nitrogens is 1. The number of anilines is 1. The molecule has 6 nitrogen and oxygen atoms in total. The maximum absolute atomic E-state index is 10.6. The molecule has 1 heterocycles. The molecule has 0 saturated heterocycles. The first-order valence-electron chi connectivity index (χ1n) is 4.80. The molecular weight excluding hydrogens is 206 g/mol. The molecule has 0 aromatic carbocycles. The highest BCUT2D eigenvalue weighted by Gasteiger charge is 2.06. The van der Waals surface area contributed by atoms with Gasteiger partial charge < -0.3 is 11.1 Å². The third-order valence-electron chi connectivity index (χ3n) is 1.90. The zero-order valence-corrected chi connectivity index (χ0v) is 8.95. The minimum atomic E-state index is -0.0584. The van der Waals surface area contributed by atoms with E-state index in [9.17, 15) is 4.79 Å². The van der Waals surface area contributed by atoms with Crippen LogP contribution in [0.25, 0.3) is 6.08 Å². The second kappa shape index (κ2) is 5.56. The lowest BCUT2D eigenvalue weighted by molar-refractivity contribution is -0.118. The van der Waals surface area contributed by atoms with Crippen molar-refractivity contribution in [2.45, 2.75) is 13.3 Å². The highest BCUT2D eigenvalue weighted by molar-refractivity contribution is 5.72. The molecule has 6 heteroatoms. The average molecular weight is 219 g/mol. The molecule has 0 fully saturated rings. The average Bonchev–Trinajstić information content (AvgIpc) is 2.58. The molecule has 1 aromatic heterocycles. The molecule has 1 amide bonds. The molecule has 0 saturated carbocycles. The van der Waals surface area contributed by atoms with E-state index >= 15 is 0 Å². The molecule has 4 N–H and O–H groups in total. The zero-order valence-electron chi connectivity index (χ0n) is 8.95. The zero-order chi connectivity index (χ0) is 12.0. The summed E-state index contributed by atoms with van der Waals surface area (Å²) in [6.45, 7) is 2.03. The number of rotatable bonds is 4. The SMILES string of the molecule is CC(=O)NCCC=Cc1[nH]nc(N)c1C#N. The molecular formula is C10H13N5O. The quantitative estimate of drug-likeness (QED) is 0.637. The summed E-state index contributed by atoms with van der Waals surface area (Å²) in [4.78, 5) is 10.6. The molecule has 0 aliphatic carbocycles. The Labute approximate surface area is 93.1 Å². The standard InChI is InChI=1S/C10H13N5O/c1-7(16)13-5-3-2-4-9-8(6-11)10(12)15-14-9/h2,4H,3,5H2,1H3,(H,13,16)(H3,12,14,15). The second-order valence-corrected chi connectivity index (χ2v) is 3.18. The lowest BCUT2D eigenvalue weighted by atomic mass is 10.2. The summed E-state index contributed by atoms with van der Waals surface area (Å²) < 4.78 is 0. The Morgan fingerprint density at radius 1 is 1.75 bits per heavy atom. The number of carbonyl (C=O) groups is 1. The summed E-state index contributed by atoms with van der Waals surface area (Å²) >= 11 is 0. The van der Waals surface area contributed by atoms with Gasteiger partial charge in [0.25, 0.3) is 0 Å². The molecule has 84 valence electrons. The number of nitriles is 1. The van der Waals surface area contributed by atoms with Gasteiger partial charge in [0, 0.05) is 13.5 Å². The number of carbonyl (C=O) groups excluding carboxylic acids is 1. The van der Waals surface area contributed by atoms with Gasteiger partial charge in [0.1, 0.15) is 11.6 Å². The number of nitrogens with two attached hydrogens (primary N) is 1. The van der Waals surface area contributed by atoms with E-state index in [0.29, 0.717) is 24.2 Å². The van der Waals surface area contributed by atoms with Crippen molar-refractivity contribution in [1.82, 2.24) is 15.5 Å². The van der Waals surface area contributed by atoms with E-state index in [-0.39, 0.29) is 11.7 Å². The van der Waals surface area contributed by atoms with E-state index in [1.54, 1.807) is 6.08 Å². The lowest BCUT2D eigenvalue weighted by Gasteiger charge is -1.96. The van der Waals surface area contributed by atoms with Crippen molar-refractivity contribution < 1.29 is 4.79 Å². The first-order chi connectivity index (χ1) is 7.65. The van der Waals surface area contributed by atoms with Crippen LogP contribution >= 0.6 is 0 Å². The van der Waals surface area contributed by atoms with E-state index in [2.05, 4.69) is 15.5 Å². The van der Waals surface area contributed by atoms with Gasteiger partial charge in [0.2, 0.25) is 5.91 Å². The molecule has 0 atom stereocenters. The van der Waals surface area contributed by atoms with E-state index in [0.717, 1.165) is 0 Å². The summed E-state index contributed by atoms with van der Waals surface area (Å²) in [7, 11) is 0. The highest BCUT2D eigenvalue weighted by atomic mass is 16.1. The van der Waals surface area contributed by atoms with Crippen molar-refractivity contribution in [3.05, 3.63) is 17.3 Å². The number of hydrogen-bond acceptors (Lipinski definition) is 4. The summed E-state index contributed by atoms with van der Waals surface area (Å²) in [6.07, 6.45) is 4.25. The van der Waals surface area contributed by atoms with E-state index in [4.69, 9.17) is 11.0 Å². The van der Waals surface area contributed by atoms with Crippen LogP contribution in [0.1, 0.15) is 24.6 Å². The van der Waals surface area contributed by atoms with Crippen molar-refractivity contribution >= 4 is 17.8 Å². The van der Waals surface area contributed by atoms with Crippen LogP contribution in [0.3, 0.4) is 0 Å². The van der Waals surface area contributed by atoms with E-state index in [1.807, 2.05) is 12.1 Å². The molecule has 16 heavy (non-hydrogen) atoms. The maximum atomic E-state index is 10.6. The predicted molar refractivity (Wildman–Crippen MR) is 60.0 cm³/mol. The van der Waals surface area contributed by atoms with E-state index in [1.165, 1.54) is 6.92 Å². The second-order valence-electron chi connectivity index (χ2n) is 3.18. The number of nitrogens with zero attached hydrogens (tertiary/aromatic N) is 2. The molecule has 0 spiro atoms. The number of amides is 1. The van der Waals surface area contributed by atoms with E-state index < -0.39 is 0 Å². The van der Waals surface area contributed by atoms with Crippen LogP contribution in [0.4, 0.5) is 5.82 Å². The van der Waals surface area contributed by atoms with Crippen LogP contribution in [0.5, 0.6) is 0 Å². The summed E-state index contributed by atoms with van der Waals surface area (Å²) in [5, 5.41) is 17.8. The van der Waals surface area contributed by atoms with Crippen LogP contribution in [0, 0.1) is 11.3 Å². The third-order valence-corrected chi connectivity index (χ3v) is 1.90. The van der Waals surface area contributed by atoms with Gasteiger partial charge in [0.05, 0.1) is 5.69 Å². The van der Waals surface area contributed by atoms with Crippen LogP contribution in [0.15, 0.2) is 6.08 Å². The largest absolute Gasteiger partial charge is 0.381 e. The molecule has 0 aliphatic rings. The van der Waals surface area contributed by atoms with Gasteiger partial charge in [-0.3, -0.25) is 9.89 Å². The lowest BCUT2D eigenvalue weighted by Crippen LogP contribution is -2.20. The number of nitrogen functional groups attached to an aromatic ring is 1. The number of aromatic amines is 1. The molecule has 1 aromatic rings. The molecule has 0 radical (unpaired) electrons. The summed E-state index contributed by atoms with van der Waals surface area (Å²) in [5.74, 6) is 0.140. The van der Waals surface area contributed by atoms with Gasteiger partial charge in [-0.05, 0) is 12.5 Å². The third kappa shape index (κ3) is 3.13. The minimum absolute atomic E-state index is 0.0584. The van der Waals surface area contributed by atoms with Gasteiger partial charge in [-0.2, -0.15) is 10.4 Å². The Morgan fingerprint density at radius 2 is 2.50 bits per heavy atom. The van der Waals surface area contributed by atoms with Crippen molar-refractivity contribution in [3.63, 3.8) is 0 Å². The van der Waals surface area contributed by atoms with Gasteiger partial charge in [0.15, 0.2) is 5.82 Å². The highest BCUT2D eigenvalue weighted by Crippen LogP contribution is 2.12. The number of nitrogens with one attached hydrogen (secondary N) is 2. The Morgan fingerprint density at radius 3 is 3.12 bits per heavy atom. The van der Waals surface area contributed by atoms with Crippen molar-refractivity contribution in [3.8, 4) is 6.07 Å². The van der Waals surface area contributed by atoms with Crippen LogP contribution in [0.2, 0.25) is 0 Å². The fraction of sp³-hybridized carbons (Fsp3) is 0.300. The topological polar surface area (TPSA) is 108 Å². The van der Waals surface area contributed by atoms with Gasteiger partial charge >= 0.3 is 0 Å². The number of hydrogen-bond donors (Lipinski definition) is 3. The van der Waals surface area contributed by atoms with Crippen LogP contribution < -0.4 is 11.1 Å². The van der Waals surface area contributed by atoms with Crippen molar-refractivity contribution in [2.75, 3.05) is 12.3 Å². The van der Waals surface area contributed by atoms with Crippen LogP contribution in [-0.4, -0.2) is 22.6 Å². The fourth-order valence-electron chi connectivity index (χ4n) is 1.14. The molecule has 0 bridgehead atoms. The maximum Gasteiger partial charge on any atom is 0.216 e. The van der Waals surface area contributed by atoms with Gasteiger partial charge in [-0.1, -0.05) is 6.08 Å². The molecule has 0 aliphatic heterocycles. The Balaban J connectivity index is 2.50. The monoisotopic (exact) mass is 219 g/mol. The van der Waals surface area contributed by atoms with Crippen molar-refractivity contribution in [1.29, 1.82) is 5.26 Å². The van der Waals surface area contributed by atoms with Gasteiger partial charge in [-0.15, -0.1) is 0 Å². The molecule has 1 rings (SSSR count). The summed E-state index contributed by atoms with van der Waals surface area (Å²) in [5.41, 5.74) is 6.40. The number of aromatic nitrogens is 2. The smallest absolute Gasteiger partial charge is 0.216 e. The Kier molecular flexibility index (Phi) is 4.09. The Hall–Kier alpha value is -2.29. The predicted octanol–water partition coefficient (Wildman–Crippen LogP) is 0.403. The first-order valence-corrected chi connectivity index (χ1v) is 4.80. The summed E-state index contributed by atoms with van der Waals surface area (Å²) in [6, 6.07) is 1.96. The molecule has 0 unspecified atom stereocenters. The first kappa shape index (κ1) is 11.8. The Bertz CT molecular complexity index is 441. The fourth-order valence-corrected chi connectivity index (χ4v) is 1.14. The van der Waals surface area contributed by atoms with Crippen molar-refractivity contribution in [2.24, 2.45) is 0 Å². The minimum Gasteiger partial charge on any atom is -0.381 e.